The number of nitrogens with one attached hydrogen (secondary N) is 1. The van der Waals surface area contributed by atoms with Crippen LogP contribution < -0.4 is 5.32 Å². The average Bonchev–Trinajstić information content (AvgIpc) is 2.94. The highest BCUT2D eigenvalue weighted by atomic mass is 19.1. The Bertz CT molecular complexity index is 906. The first-order valence-electron chi connectivity index (χ1n) is 6.90. The maximum absolute atomic E-state index is 13.6. The first-order valence-corrected chi connectivity index (χ1v) is 6.90. The van der Waals surface area contributed by atoms with Crippen LogP contribution in [0.5, 0.6) is 0 Å². The highest BCUT2D eigenvalue weighted by Crippen LogP contribution is 2.16. The van der Waals surface area contributed by atoms with Crippen LogP contribution in [-0.2, 0) is 0 Å². The molecule has 3 aromatic rings. The first kappa shape index (κ1) is 15.7. The van der Waals surface area contributed by atoms with Crippen LogP contribution in [-0.4, -0.2) is 20.7 Å². The van der Waals surface area contributed by atoms with Crippen molar-refractivity contribution < 1.29 is 18.0 Å². The predicted molar refractivity (Wildman–Crippen MR) is 80.4 cm³/mol. The Morgan fingerprint density at radius 2 is 1.71 bits per heavy atom. The zero-order valence-corrected chi connectivity index (χ0v) is 12.4. The van der Waals surface area contributed by atoms with Crippen molar-refractivity contribution in [3.63, 3.8) is 0 Å². The zero-order chi connectivity index (χ0) is 17.3. The summed E-state index contributed by atoms with van der Waals surface area (Å²) < 4.78 is 41.0. The average molecular weight is 332 g/mol. The van der Waals surface area contributed by atoms with Gasteiger partial charge in [-0.1, -0.05) is 0 Å². The van der Waals surface area contributed by atoms with Gasteiger partial charge in [0.1, 0.15) is 23.3 Å². The Morgan fingerprint density at radius 1 is 1.04 bits per heavy atom. The molecular formula is C16H11F3N4O. The van der Waals surface area contributed by atoms with E-state index in [0.29, 0.717) is 11.5 Å². The van der Waals surface area contributed by atoms with Crippen molar-refractivity contribution in [3.8, 4) is 5.69 Å². The standard InChI is InChI=1S/C16H11F3N4O/c1-9-20-15(22-23(9)12-5-2-10(17)3-6-12)16(24)21-14-8-11(18)4-7-13(14)19/h2-8H,1H3,(H,21,24). The van der Waals surface area contributed by atoms with E-state index in [4.69, 9.17) is 0 Å². The Hall–Kier alpha value is -3.16. The van der Waals surface area contributed by atoms with Crippen molar-refractivity contribution in [1.29, 1.82) is 0 Å². The monoisotopic (exact) mass is 332 g/mol. The molecule has 0 unspecified atom stereocenters. The fourth-order valence-corrected chi connectivity index (χ4v) is 2.08. The number of carbonyl (C=O) groups is 1. The highest BCUT2D eigenvalue weighted by molar-refractivity contribution is 6.01. The maximum Gasteiger partial charge on any atom is 0.295 e. The van der Waals surface area contributed by atoms with E-state index >= 15 is 0 Å². The van der Waals surface area contributed by atoms with Gasteiger partial charge >= 0.3 is 0 Å². The second kappa shape index (κ2) is 6.15. The van der Waals surface area contributed by atoms with E-state index in [9.17, 15) is 18.0 Å². The summed E-state index contributed by atoms with van der Waals surface area (Å²) in [7, 11) is 0. The molecule has 1 aromatic heterocycles. The largest absolute Gasteiger partial charge is 0.317 e. The number of amides is 1. The quantitative estimate of drug-likeness (QED) is 0.801. The molecule has 5 nitrogen and oxygen atoms in total. The summed E-state index contributed by atoms with van der Waals surface area (Å²) >= 11 is 0. The van der Waals surface area contributed by atoms with Gasteiger partial charge in [-0.15, -0.1) is 5.10 Å². The van der Waals surface area contributed by atoms with Gasteiger partial charge in [-0.3, -0.25) is 4.79 Å². The molecule has 0 atom stereocenters. The molecule has 24 heavy (non-hydrogen) atoms. The van der Waals surface area contributed by atoms with Gasteiger partial charge in [-0.2, -0.15) is 0 Å². The van der Waals surface area contributed by atoms with Crippen LogP contribution in [0.15, 0.2) is 42.5 Å². The van der Waals surface area contributed by atoms with Gasteiger partial charge in [0.15, 0.2) is 0 Å². The lowest BCUT2D eigenvalue weighted by atomic mass is 10.3. The summed E-state index contributed by atoms with van der Waals surface area (Å²) in [5, 5.41) is 6.23. The third kappa shape index (κ3) is 3.12. The topological polar surface area (TPSA) is 59.8 Å². The molecular weight excluding hydrogens is 321 g/mol. The number of aryl methyl sites for hydroxylation is 1. The molecule has 0 aliphatic rings. The summed E-state index contributed by atoms with van der Waals surface area (Å²) in [5.74, 6) is -2.50. The lowest BCUT2D eigenvalue weighted by Crippen LogP contribution is -2.15. The minimum Gasteiger partial charge on any atom is -0.317 e. The number of aromatic nitrogens is 3. The molecule has 0 aliphatic carbocycles. The van der Waals surface area contributed by atoms with Crippen molar-refractivity contribution in [1.82, 2.24) is 14.8 Å². The smallest absolute Gasteiger partial charge is 0.295 e. The lowest BCUT2D eigenvalue weighted by Gasteiger charge is -2.04. The molecule has 122 valence electrons. The summed E-state index contributed by atoms with van der Waals surface area (Å²) in [6, 6.07) is 8.15. The molecule has 3 rings (SSSR count). The van der Waals surface area contributed by atoms with E-state index in [-0.39, 0.29) is 11.5 Å². The minimum atomic E-state index is -0.788. The number of nitrogens with zero attached hydrogens (tertiary/aromatic N) is 3. The van der Waals surface area contributed by atoms with E-state index in [1.807, 2.05) is 0 Å². The number of hydrogen-bond donors (Lipinski definition) is 1. The number of hydrogen-bond acceptors (Lipinski definition) is 3. The van der Waals surface area contributed by atoms with E-state index in [2.05, 4.69) is 15.4 Å². The third-order valence-corrected chi connectivity index (χ3v) is 3.22. The van der Waals surface area contributed by atoms with Gasteiger partial charge < -0.3 is 5.32 Å². The van der Waals surface area contributed by atoms with Crippen molar-refractivity contribution >= 4 is 11.6 Å². The van der Waals surface area contributed by atoms with Gasteiger partial charge in [-0.25, -0.2) is 22.8 Å². The van der Waals surface area contributed by atoms with E-state index in [1.165, 1.54) is 28.9 Å². The van der Waals surface area contributed by atoms with Crippen LogP contribution in [0.25, 0.3) is 5.69 Å². The molecule has 1 heterocycles. The minimum absolute atomic E-state index is 0.222. The van der Waals surface area contributed by atoms with Crippen molar-refractivity contribution in [2.24, 2.45) is 0 Å². The fraction of sp³-hybridized carbons (Fsp3) is 0.0625. The second-order valence-corrected chi connectivity index (χ2v) is 4.95. The molecule has 8 heteroatoms. The summed E-state index contributed by atoms with van der Waals surface area (Å²) in [5.41, 5.74) is 0.202. The lowest BCUT2D eigenvalue weighted by molar-refractivity contribution is 0.101. The van der Waals surface area contributed by atoms with Crippen LogP contribution in [0.1, 0.15) is 16.4 Å². The van der Waals surface area contributed by atoms with Crippen LogP contribution in [0.3, 0.4) is 0 Å². The summed E-state index contributed by atoms with van der Waals surface area (Å²) in [4.78, 5) is 16.1. The molecule has 1 amide bonds. The van der Waals surface area contributed by atoms with Crippen LogP contribution >= 0.6 is 0 Å². The van der Waals surface area contributed by atoms with Crippen molar-refractivity contribution in [3.05, 3.63) is 71.6 Å². The van der Waals surface area contributed by atoms with Crippen molar-refractivity contribution in [2.75, 3.05) is 5.32 Å². The second-order valence-electron chi connectivity index (χ2n) is 4.95. The molecule has 0 spiro atoms. The van der Waals surface area contributed by atoms with Gasteiger partial charge in [0.25, 0.3) is 5.91 Å². The normalized spacial score (nSPS) is 10.7. The third-order valence-electron chi connectivity index (χ3n) is 3.22. The molecule has 1 N–H and O–H groups in total. The number of halogens is 3. The number of carbonyl (C=O) groups excluding carboxylic acids is 1. The van der Waals surface area contributed by atoms with E-state index in [0.717, 1.165) is 18.2 Å². The van der Waals surface area contributed by atoms with Gasteiger partial charge in [0, 0.05) is 6.07 Å². The predicted octanol–water partition coefficient (Wildman–Crippen LogP) is 3.25. The molecule has 0 saturated carbocycles. The molecule has 0 bridgehead atoms. The molecule has 0 saturated heterocycles. The Balaban J connectivity index is 1.87. The first-order chi connectivity index (χ1) is 11.4. The van der Waals surface area contributed by atoms with Gasteiger partial charge in [0.05, 0.1) is 11.4 Å². The van der Waals surface area contributed by atoms with E-state index in [1.54, 1.807) is 6.92 Å². The van der Waals surface area contributed by atoms with Crippen molar-refractivity contribution in [2.45, 2.75) is 6.92 Å². The van der Waals surface area contributed by atoms with Gasteiger partial charge in [0.2, 0.25) is 5.82 Å². The Morgan fingerprint density at radius 3 is 2.42 bits per heavy atom. The summed E-state index contributed by atoms with van der Waals surface area (Å²) in [6.45, 7) is 1.61. The maximum atomic E-state index is 13.6. The zero-order valence-electron chi connectivity index (χ0n) is 12.4. The summed E-state index contributed by atoms with van der Waals surface area (Å²) in [6.07, 6.45) is 0. The number of anilines is 1. The molecule has 2 aromatic carbocycles. The SMILES string of the molecule is Cc1nc(C(=O)Nc2cc(F)ccc2F)nn1-c1ccc(F)cc1. The fourth-order valence-electron chi connectivity index (χ4n) is 2.08. The van der Waals surface area contributed by atoms with E-state index < -0.39 is 23.4 Å². The molecule has 0 radical (unpaired) electrons. The molecule has 0 aliphatic heterocycles. The van der Waals surface area contributed by atoms with Crippen LogP contribution in [0, 0.1) is 24.4 Å². The Kier molecular flexibility index (Phi) is 4.03. The molecule has 0 fully saturated rings. The highest BCUT2D eigenvalue weighted by Gasteiger charge is 2.17. The van der Waals surface area contributed by atoms with Crippen LogP contribution in [0.4, 0.5) is 18.9 Å². The number of rotatable bonds is 3. The van der Waals surface area contributed by atoms with Crippen LogP contribution in [0.2, 0.25) is 0 Å². The number of benzene rings is 2. The Labute approximate surface area is 134 Å². The van der Waals surface area contributed by atoms with Gasteiger partial charge in [-0.05, 0) is 43.3 Å².